The van der Waals surface area contributed by atoms with Crippen LogP contribution in [0.4, 0.5) is 5.82 Å². The highest BCUT2D eigenvalue weighted by Gasteiger charge is 2.22. The number of carbonyl (C=O) groups is 1. The lowest BCUT2D eigenvalue weighted by Gasteiger charge is -2.32. The number of halogens is 1. The Morgan fingerprint density at radius 2 is 1.96 bits per heavy atom. The number of rotatable bonds is 4. The summed E-state index contributed by atoms with van der Waals surface area (Å²) >= 11 is 6.31. The van der Waals surface area contributed by atoms with Crippen molar-refractivity contribution in [2.75, 3.05) is 44.2 Å². The van der Waals surface area contributed by atoms with Crippen LogP contribution in [0, 0.1) is 0 Å². The molecule has 5 heterocycles. The van der Waals surface area contributed by atoms with Gasteiger partial charge in [0, 0.05) is 57.2 Å². The van der Waals surface area contributed by atoms with E-state index < -0.39 is 0 Å². The highest BCUT2D eigenvalue weighted by molar-refractivity contribution is 6.29. The first-order valence-corrected chi connectivity index (χ1v) is 9.87. The fraction of sp³-hybridized carbons (Fsp3) is 0.444. The van der Waals surface area contributed by atoms with Gasteiger partial charge in [0.05, 0.1) is 18.1 Å². The molecule has 28 heavy (non-hydrogen) atoms. The van der Waals surface area contributed by atoms with Gasteiger partial charge in [0.25, 0.3) is 0 Å². The summed E-state index contributed by atoms with van der Waals surface area (Å²) in [6.07, 6.45) is 8.26. The molecule has 3 aromatic rings. The summed E-state index contributed by atoms with van der Waals surface area (Å²) in [6.45, 7) is 5.32. The minimum Gasteiger partial charge on any atom is -0.353 e. The smallest absolute Gasteiger partial charge is 0.244 e. The van der Waals surface area contributed by atoms with Crippen molar-refractivity contribution in [1.82, 2.24) is 34.4 Å². The van der Waals surface area contributed by atoms with Gasteiger partial charge in [-0.25, -0.2) is 9.97 Å². The molecule has 3 aromatic heterocycles. The Morgan fingerprint density at radius 3 is 2.71 bits per heavy atom. The topological polar surface area (TPSA) is 83.6 Å². The number of aromatic nitrogens is 5. The van der Waals surface area contributed by atoms with E-state index in [0.29, 0.717) is 5.15 Å². The van der Waals surface area contributed by atoms with Crippen molar-refractivity contribution >= 4 is 29.0 Å². The minimum absolute atomic E-state index is 0.0819. The summed E-state index contributed by atoms with van der Waals surface area (Å²) in [5.41, 5.74) is 2.37. The third-order valence-corrected chi connectivity index (χ3v) is 5.56. The van der Waals surface area contributed by atoms with Gasteiger partial charge in [-0.1, -0.05) is 11.6 Å². The second-order valence-corrected chi connectivity index (χ2v) is 7.51. The van der Waals surface area contributed by atoms with Gasteiger partial charge in [-0.05, 0) is 6.42 Å². The predicted molar refractivity (Wildman–Crippen MR) is 105 cm³/mol. The van der Waals surface area contributed by atoms with E-state index in [1.807, 2.05) is 21.7 Å². The molecule has 5 rings (SSSR count). The number of piperazine rings is 1. The number of carbonyl (C=O) groups excluding carboxylic acids is 1. The first-order valence-electron chi connectivity index (χ1n) is 9.49. The molecule has 2 saturated heterocycles. The molecular weight excluding hydrogens is 380 g/mol. The summed E-state index contributed by atoms with van der Waals surface area (Å²) < 4.78 is 3.52. The zero-order chi connectivity index (χ0) is 19.1. The standard InChI is InChI=1S/C18H21ClN8O/c19-15-9-21-17-18(25-4-1-5-25)23-14(11-27(15)17)13-8-22-26(10-13)12-16(28)24-6-2-20-3-7-24/h8-11,20H,1-7,12H2. The quantitative estimate of drug-likeness (QED) is 0.700. The number of anilines is 1. The number of imidazole rings is 1. The van der Waals surface area contributed by atoms with Crippen LogP contribution in [0.15, 0.2) is 24.8 Å². The lowest BCUT2D eigenvalue weighted by Crippen LogP contribution is -2.47. The first-order chi connectivity index (χ1) is 13.7. The van der Waals surface area contributed by atoms with Gasteiger partial charge in [-0.15, -0.1) is 0 Å². The lowest BCUT2D eigenvalue weighted by atomic mass is 10.2. The first kappa shape index (κ1) is 17.4. The fourth-order valence-corrected chi connectivity index (χ4v) is 3.74. The van der Waals surface area contributed by atoms with Gasteiger partial charge in [0.1, 0.15) is 11.7 Å². The summed E-state index contributed by atoms with van der Waals surface area (Å²) in [5.74, 6) is 0.916. The molecule has 0 saturated carbocycles. The van der Waals surface area contributed by atoms with Crippen molar-refractivity contribution in [3.05, 3.63) is 29.9 Å². The van der Waals surface area contributed by atoms with Gasteiger partial charge >= 0.3 is 0 Å². The average molecular weight is 401 g/mol. The molecule has 0 atom stereocenters. The molecule has 2 fully saturated rings. The molecule has 10 heteroatoms. The van der Waals surface area contributed by atoms with Crippen LogP contribution >= 0.6 is 11.6 Å². The highest BCUT2D eigenvalue weighted by atomic mass is 35.5. The average Bonchev–Trinajstić information content (AvgIpc) is 3.28. The van der Waals surface area contributed by atoms with E-state index in [2.05, 4.69) is 20.3 Å². The predicted octanol–water partition coefficient (Wildman–Crippen LogP) is 0.888. The second kappa shape index (κ2) is 7.06. The van der Waals surface area contributed by atoms with Crippen LogP contribution in [0.1, 0.15) is 6.42 Å². The molecule has 0 unspecified atom stereocenters. The van der Waals surface area contributed by atoms with Crippen LogP contribution in [0.3, 0.4) is 0 Å². The maximum absolute atomic E-state index is 12.5. The Balaban J connectivity index is 1.42. The molecule has 0 spiro atoms. The van der Waals surface area contributed by atoms with Gasteiger partial charge in [0.2, 0.25) is 5.91 Å². The third-order valence-electron chi connectivity index (χ3n) is 5.28. The maximum Gasteiger partial charge on any atom is 0.244 e. The van der Waals surface area contributed by atoms with E-state index in [0.717, 1.165) is 68.4 Å². The maximum atomic E-state index is 12.5. The molecule has 2 aliphatic heterocycles. The third kappa shape index (κ3) is 3.10. The van der Waals surface area contributed by atoms with Gasteiger partial charge < -0.3 is 15.1 Å². The molecule has 0 radical (unpaired) electrons. The van der Waals surface area contributed by atoms with Gasteiger partial charge in [-0.2, -0.15) is 5.10 Å². The summed E-state index contributed by atoms with van der Waals surface area (Å²) in [7, 11) is 0. The number of nitrogens with one attached hydrogen (secondary N) is 1. The number of fused-ring (bicyclic) bond motifs is 1. The molecule has 1 amide bonds. The van der Waals surface area contributed by atoms with Crippen molar-refractivity contribution < 1.29 is 4.79 Å². The normalized spacial score (nSPS) is 17.2. The number of hydrogen-bond acceptors (Lipinski definition) is 6. The van der Waals surface area contributed by atoms with Gasteiger partial charge in [-0.3, -0.25) is 13.9 Å². The lowest BCUT2D eigenvalue weighted by molar-refractivity contribution is -0.132. The summed E-state index contributed by atoms with van der Waals surface area (Å²) in [4.78, 5) is 25.8. The van der Waals surface area contributed by atoms with E-state index in [9.17, 15) is 4.79 Å². The molecule has 0 aliphatic carbocycles. The second-order valence-electron chi connectivity index (χ2n) is 7.12. The Morgan fingerprint density at radius 1 is 1.14 bits per heavy atom. The number of amides is 1. The minimum atomic E-state index is 0.0819. The van der Waals surface area contributed by atoms with Crippen molar-refractivity contribution in [3.8, 4) is 11.3 Å². The highest BCUT2D eigenvalue weighted by Crippen LogP contribution is 2.29. The van der Waals surface area contributed by atoms with Crippen LogP contribution in [0.5, 0.6) is 0 Å². The van der Waals surface area contributed by atoms with Crippen LogP contribution in [0.2, 0.25) is 5.15 Å². The van der Waals surface area contributed by atoms with Crippen molar-refractivity contribution in [1.29, 1.82) is 0 Å². The molecule has 0 bridgehead atoms. The zero-order valence-electron chi connectivity index (χ0n) is 15.4. The monoisotopic (exact) mass is 400 g/mol. The van der Waals surface area contributed by atoms with Crippen molar-refractivity contribution in [2.45, 2.75) is 13.0 Å². The molecule has 0 aromatic carbocycles. The van der Waals surface area contributed by atoms with Crippen molar-refractivity contribution in [2.24, 2.45) is 0 Å². The summed E-state index contributed by atoms with van der Waals surface area (Å²) in [5, 5.41) is 8.16. The van der Waals surface area contributed by atoms with E-state index >= 15 is 0 Å². The van der Waals surface area contributed by atoms with E-state index in [1.54, 1.807) is 17.1 Å². The number of nitrogens with zero attached hydrogens (tertiary/aromatic N) is 7. The fourth-order valence-electron chi connectivity index (χ4n) is 3.56. The largest absolute Gasteiger partial charge is 0.353 e. The van der Waals surface area contributed by atoms with Crippen LogP contribution in [-0.4, -0.2) is 74.2 Å². The van der Waals surface area contributed by atoms with E-state index in [1.165, 1.54) is 0 Å². The molecule has 1 N–H and O–H groups in total. The molecular formula is C18H21ClN8O. The van der Waals surface area contributed by atoms with Crippen LogP contribution < -0.4 is 10.2 Å². The molecule has 146 valence electrons. The molecule has 9 nitrogen and oxygen atoms in total. The summed E-state index contributed by atoms with van der Waals surface area (Å²) in [6, 6.07) is 0. The van der Waals surface area contributed by atoms with Gasteiger partial charge in [0.15, 0.2) is 11.5 Å². The Labute approximate surface area is 166 Å². The SMILES string of the molecule is O=C(Cn1cc(-c2cn3c(Cl)cnc3c(N3CCC3)n2)cn1)N1CCNCC1. The number of hydrogen-bond donors (Lipinski definition) is 1. The van der Waals surface area contributed by atoms with E-state index in [-0.39, 0.29) is 12.5 Å². The zero-order valence-corrected chi connectivity index (χ0v) is 16.1. The van der Waals surface area contributed by atoms with Crippen molar-refractivity contribution in [3.63, 3.8) is 0 Å². The Hall–Kier alpha value is -2.65. The van der Waals surface area contributed by atoms with E-state index in [4.69, 9.17) is 16.6 Å². The van der Waals surface area contributed by atoms with Crippen LogP contribution in [-0.2, 0) is 11.3 Å². The molecule has 2 aliphatic rings. The van der Waals surface area contributed by atoms with Crippen LogP contribution in [0.25, 0.3) is 16.9 Å². The Bertz CT molecular complexity index is 1020. The Kier molecular flexibility index (Phi) is 4.40.